The summed E-state index contributed by atoms with van der Waals surface area (Å²) in [5.41, 5.74) is 5.87. The van der Waals surface area contributed by atoms with Crippen molar-refractivity contribution in [3.8, 4) is 0 Å². The Labute approximate surface area is 94.2 Å². The maximum absolute atomic E-state index is 11.3. The molecule has 2 amide bonds. The molecule has 0 heterocycles. The molecule has 0 spiro atoms. The van der Waals surface area contributed by atoms with E-state index in [0.29, 0.717) is 6.54 Å². The van der Waals surface area contributed by atoms with Gasteiger partial charge in [0.25, 0.3) is 0 Å². The van der Waals surface area contributed by atoms with Crippen molar-refractivity contribution in [2.75, 3.05) is 6.54 Å². The number of nitrogens with one attached hydrogen (secondary N) is 3. The molecule has 1 aromatic rings. The zero-order chi connectivity index (χ0) is 11.8. The van der Waals surface area contributed by atoms with Gasteiger partial charge < -0.3 is 5.32 Å². The van der Waals surface area contributed by atoms with Gasteiger partial charge >= 0.3 is 0 Å². The number of hydrogen-bond acceptors (Lipinski definition) is 3. The lowest BCUT2D eigenvalue weighted by Crippen LogP contribution is -2.42. The minimum absolute atomic E-state index is 0.0619. The molecule has 0 saturated carbocycles. The second-order valence-electron chi connectivity index (χ2n) is 3.30. The van der Waals surface area contributed by atoms with Crippen LogP contribution in [0.3, 0.4) is 0 Å². The SMILES string of the molecule is CC(=O)NNCC(=O)NCc1ccccc1. The highest BCUT2D eigenvalue weighted by Gasteiger charge is 2.00. The molecule has 16 heavy (non-hydrogen) atoms. The van der Waals surface area contributed by atoms with Gasteiger partial charge in [-0.25, -0.2) is 5.43 Å². The van der Waals surface area contributed by atoms with Crippen LogP contribution in [0.4, 0.5) is 0 Å². The van der Waals surface area contributed by atoms with Crippen LogP contribution in [-0.4, -0.2) is 18.4 Å². The van der Waals surface area contributed by atoms with E-state index < -0.39 is 0 Å². The maximum atomic E-state index is 11.3. The lowest BCUT2D eigenvalue weighted by atomic mass is 10.2. The minimum Gasteiger partial charge on any atom is -0.351 e. The van der Waals surface area contributed by atoms with Crippen LogP contribution in [0.15, 0.2) is 30.3 Å². The van der Waals surface area contributed by atoms with Gasteiger partial charge in [-0.05, 0) is 5.56 Å². The number of rotatable bonds is 5. The molecule has 86 valence electrons. The fourth-order valence-electron chi connectivity index (χ4n) is 1.11. The smallest absolute Gasteiger partial charge is 0.236 e. The van der Waals surface area contributed by atoms with E-state index in [1.165, 1.54) is 6.92 Å². The second kappa shape index (κ2) is 6.58. The van der Waals surface area contributed by atoms with Crippen LogP contribution in [-0.2, 0) is 16.1 Å². The highest BCUT2D eigenvalue weighted by Crippen LogP contribution is 1.96. The Bertz CT molecular complexity index is 352. The van der Waals surface area contributed by atoms with Crippen LogP contribution >= 0.6 is 0 Å². The van der Waals surface area contributed by atoms with Crippen molar-refractivity contribution in [1.82, 2.24) is 16.2 Å². The topological polar surface area (TPSA) is 70.2 Å². The summed E-state index contributed by atoms with van der Waals surface area (Å²) >= 11 is 0. The second-order valence-corrected chi connectivity index (χ2v) is 3.30. The van der Waals surface area contributed by atoms with Crippen molar-refractivity contribution < 1.29 is 9.59 Å². The summed E-state index contributed by atoms with van der Waals surface area (Å²) in [6.07, 6.45) is 0. The van der Waals surface area contributed by atoms with E-state index in [9.17, 15) is 9.59 Å². The van der Waals surface area contributed by atoms with Gasteiger partial charge in [-0.15, -0.1) is 0 Å². The Morgan fingerprint density at radius 1 is 1.19 bits per heavy atom. The molecule has 0 aromatic heterocycles. The monoisotopic (exact) mass is 221 g/mol. The van der Waals surface area contributed by atoms with Crippen molar-refractivity contribution >= 4 is 11.8 Å². The Morgan fingerprint density at radius 3 is 2.50 bits per heavy atom. The number of hydrogen-bond donors (Lipinski definition) is 3. The molecule has 0 bridgehead atoms. The minimum atomic E-state index is -0.226. The Morgan fingerprint density at radius 2 is 1.88 bits per heavy atom. The number of carbonyl (C=O) groups excluding carboxylic acids is 2. The first kappa shape index (κ1) is 12.2. The van der Waals surface area contributed by atoms with E-state index in [-0.39, 0.29) is 18.4 Å². The summed E-state index contributed by atoms with van der Waals surface area (Å²) in [6, 6.07) is 9.61. The lowest BCUT2D eigenvalue weighted by molar-refractivity contribution is -0.122. The molecule has 5 nitrogen and oxygen atoms in total. The molecule has 1 aromatic carbocycles. The molecule has 0 fully saturated rings. The fourth-order valence-corrected chi connectivity index (χ4v) is 1.11. The molecule has 0 unspecified atom stereocenters. The average Bonchev–Trinajstić information content (AvgIpc) is 2.27. The Balaban J connectivity index is 2.18. The molecular weight excluding hydrogens is 206 g/mol. The first-order valence-corrected chi connectivity index (χ1v) is 4.98. The molecule has 0 radical (unpaired) electrons. The number of hydrazine groups is 1. The molecule has 0 aliphatic carbocycles. The largest absolute Gasteiger partial charge is 0.351 e. The van der Waals surface area contributed by atoms with E-state index in [1.54, 1.807) is 0 Å². The summed E-state index contributed by atoms with van der Waals surface area (Å²) in [5.74, 6) is -0.395. The quantitative estimate of drug-likeness (QED) is 0.610. The normalized spacial score (nSPS) is 9.56. The van der Waals surface area contributed by atoms with Crippen molar-refractivity contribution in [2.45, 2.75) is 13.5 Å². The average molecular weight is 221 g/mol. The first-order chi connectivity index (χ1) is 7.68. The fraction of sp³-hybridized carbons (Fsp3) is 0.273. The van der Waals surface area contributed by atoms with Crippen LogP contribution in [0.5, 0.6) is 0 Å². The van der Waals surface area contributed by atoms with Crippen molar-refractivity contribution in [3.63, 3.8) is 0 Å². The van der Waals surface area contributed by atoms with Crippen molar-refractivity contribution in [1.29, 1.82) is 0 Å². The zero-order valence-corrected chi connectivity index (χ0v) is 9.12. The molecule has 0 atom stereocenters. The number of amides is 2. The Hall–Kier alpha value is -1.88. The number of benzene rings is 1. The van der Waals surface area contributed by atoms with Gasteiger partial charge in [0, 0.05) is 13.5 Å². The van der Waals surface area contributed by atoms with Gasteiger partial charge in [0.05, 0.1) is 6.54 Å². The predicted molar refractivity (Wildman–Crippen MR) is 60.1 cm³/mol. The van der Waals surface area contributed by atoms with Crippen LogP contribution in [0.25, 0.3) is 0 Å². The van der Waals surface area contributed by atoms with E-state index >= 15 is 0 Å². The molecule has 5 heteroatoms. The van der Waals surface area contributed by atoms with Gasteiger partial charge in [0.2, 0.25) is 11.8 Å². The third kappa shape index (κ3) is 5.11. The highest BCUT2D eigenvalue weighted by atomic mass is 16.2. The summed E-state index contributed by atoms with van der Waals surface area (Å²) in [5, 5.41) is 2.72. The Kier molecular flexibility index (Phi) is 5.01. The number of carbonyl (C=O) groups is 2. The zero-order valence-electron chi connectivity index (χ0n) is 9.12. The maximum Gasteiger partial charge on any atom is 0.236 e. The summed E-state index contributed by atoms with van der Waals surface area (Å²) in [7, 11) is 0. The van der Waals surface area contributed by atoms with E-state index in [0.717, 1.165) is 5.56 Å². The van der Waals surface area contributed by atoms with Crippen molar-refractivity contribution in [2.24, 2.45) is 0 Å². The molecule has 0 saturated heterocycles. The molecule has 0 aliphatic rings. The standard InChI is InChI=1S/C11H15N3O2/c1-9(15)14-13-8-11(16)12-7-10-5-3-2-4-6-10/h2-6,13H,7-8H2,1H3,(H,12,16)(H,14,15). The summed E-state index contributed by atoms with van der Waals surface area (Å²) in [6.45, 7) is 1.92. The van der Waals surface area contributed by atoms with Gasteiger partial charge in [-0.2, -0.15) is 0 Å². The van der Waals surface area contributed by atoms with Crippen LogP contribution in [0, 0.1) is 0 Å². The van der Waals surface area contributed by atoms with E-state index in [1.807, 2.05) is 30.3 Å². The van der Waals surface area contributed by atoms with Crippen LogP contribution < -0.4 is 16.2 Å². The van der Waals surface area contributed by atoms with Gasteiger partial charge in [-0.3, -0.25) is 15.0 Å². The summed E-state index contributed by atoms with van der Waals surface area (Å²) < 4.78 is 0. The lowest BCUT2D eigenvalue weighted by Gasteiger charge is -2.06. The third-order valence-corrected chi connectivity index (χ3v) is 1.85. The molecular formula is C11H15N3O2. The van der Waals surface area contributed by atoms with E-state index in [2.05, 4.69) is 16.2 Å². The molecule has 1 rings (SSSR count). The predicted octanol–water partition coefficient (Wildman–Crippen LogP) is -0.0565. The highest BCUT2D eigenvalue weighted by molar-refractivity contribution is 5.78. The third-order valence-electron chi connectivity index (χ3n) is 1.85. The molecule has 3 N–H and O–H groups in total. The van der Waals surface area contributed by atoms with Crippen LogP contribution in [0.1, 0.15) is 12.5 Å². The van der Waals surface area contributed by atoms with Gasteiger partial charge in [0.15, 0.2) is 0 Å². The van der Waals surface area contributed by atoms with Gasteiger partial charge in [0.1, 0.15) is 0 Å². The first-order valence-electron chi connectivity index (χ1n) is 4.98. The summed E-state index contributed by atoms with van der Waals surface area (Å²) in [4.78, 5) is 21.8. The van der Waals surface area contributed by atoms with E-state index in [4.69, 9.17) is 0 Å². The van der Waals surface area contributed by atoms with Crippen LogP contribution in [0.2, 0.25) is 0 Å². The molecule has 0 aliphatic heterocycles. The van der Waals surface area contributed by atoms with Gasteiger partial charge in [-0.1, -0.05) is 30.3 Å². The van der Waals surface area contributed by atoms with Crippen molar-refractivity contribution in [3.05, 3.63) is 35.9 Å².